The lowest BCUT2D eigenvalue weighted by Crippen LogP contribution is -1.99. The molecule has 0 spiro atoms. The zero-order valence-electron chi connectivity index (χ0n) is 9.94. The largest absolute Gasteiger partial charge is 0.388 e. The average molecular weight is 234 g/mol. The van der Waals surface area contributed by atoms with Crippen LogP contribution in [0.5, 0.6) is 0 Å². The molecule has 1 aromatic heterocycles. The molecule has 0 fully saturated rings. The van der Waals surface area contributed by atoms with E-state index in [1.807, 2.05) is 17.7 Å². The van der Waals surface area contributed by atoms with Crippen LogP contribution in [0.4, 0.5) is 4.39 Å². The summed E-state index contributed by atoms with van der Waals surface area (Å²) in [6.45, 7) is 4.38. The van der Waals surface area contributed by atoms with Crippen molar-refractivity contribution in [2.75, 3.05) is 0 Å². The van der Waals surface area contributed by atoms with E-state index < -0.39 is 0 Å². The first-order valence-electron chi connectivity index (χ1n) is 5.59. The Hall–Kier alpha value is -1.68. The fraction of sp³-hybridized carbons (Fsp3) is 0.308. The summed E-state index contributed by atoms with van der Waals surface area (Å²) >= 11 is 0. The standard InChI is InChI=1S/C13H15FN2O/c1-3-16-7-12(15-13(16)8-17)10-4-5-11(14)9(2)6-10/h4-7,17H,3,8H2,1-2H3. The monoisotopic (exact) mass is 234 g/mol. The summed E-state index contributed by atoms with van der Waals surface area (Å²) in [4.78, 5) is 4.33. The summed E-state index contributed by atoms with van der Waals surface area (Å²) in [5.41, 5.74) is 2.23. The van der Waals surface area contributed by atoms with E-state index >= 15 is 0 Å². The topological polar surface area (TPSA) is 38.0 Å². The van der Waals surface area contributed by atoms with E-state index in [4.69, 9.17) is 5.11 Å². The lowest BCUT2D eigenvalue weighted by molar-refractivity contribution is 0.265. The fourth-order valence-corrected chi connectivity index (χ4v) is 1.80. The van der Waals surface area contributed by atoms with Gasteiger partial charge in [0.1, 0.15) is 18.2 Å². The number of aliphatic hydroxyl groups excluding tert-OH is 1. The minimum atomic E-state index is -0.217. The predicted molar refractivity (Wildman–Crippen MR) is 64.0 cm³/mol. The molecule has 2 rings (SSSR count). The van der Waals surface area contributed by atoms with Crippen molar-refractivity contribution in [2.45, 2.75) is 27.0 Å². The van der Waals surface area contributed by atoms with Crippen molar-refractivity contribution >= 4 is 0 Å². The first kappa shape index (κ1) is 11.8. The van der Waals surface area contributed by atoms with Gasteiger partial charge in [0.15, 0.2) is 0 Å². The second kappa shape index (κ2) is 4.67. The van der Waals surface area contributed by atoms with Gasteiger partial charge < -0.3 is 9.67 Å². The van der Waals surface area contributed by atoms with Crippen molar-refractivity contribution in [1.82, 2.24) is 9.55 Å². The number of rotatable bonds is 3. The van der Waals surface area contributed by atoms with E-state index in [1.165, 1.54) is 6.07 Å². The molecule has 0 saturated heterocycles. The number of hydrogen-bond donors (Lipinski definition) is 1. The van der Waals surface area contributed by atoms with Gasteiger partial charge in [-0.3, -0.25) is 0 Å². The number of aryl methyl sites for hydroxylation is 2. The normalized spacial score (nSPS) is 10.8. The van der Waals surface area contributed by atoms with Gasteiger partial charge in [0.25, 0.3) is 0 Å². The number of aromatic nitrogens is 2. The molecule has 0 amide bonds. The number of halogens is 1. The molecular weight excluding hydrogens is 219 g/mol. The summed E-state index contributed by atoms with van der Waals surface area (Å²) in [5, 5.41) is 9.17. The molecule has 4 heteroatoms. The van der Waals surface area contributed by atoms with Crippen molar-refractivity contribution in [3.8, 4) is 11.3 Å². The lowest BCUT2D eigenvalue weighted by Gasteiger charge is -1.99. The lowest BCUT2D eigenvalue weighted by atomic mass is 10.1. The van der Waals surface area contributed by atoms with Crippen LogP contribution in [0.1, 0.15) is 18.3 Å². The smallest absolute Gasteiger partial charge is 0.135 e. The highest BCUT2D eigenvalue weighted by Gasteiger charge is 2.08. The summed E-state index contributed by atoms with van der Waals surface area (Å²) in [6, 6.07) is 4.90. The molecule has 1 N–H and O–H groups in total. The van der Waals surface area contributed by atoms with Gasteiger partial charge in [0.05, 0.1) is 5.69 Å². The van der Waals surface area contributed by atoms with Crippen molar-refractivity contribution in [3.63, 3.8) is 0 Å². The van der Waals surface area contributed by atoms with Gasteiger partial charge in [-0.2, -0.15) is 0 Å². The van der Waals surface area contributed by atoms with Crippen molar-refractivity contribution in [1.29, 1.82) is 0 Å². The van der Waals surface area contributed by atoms with Gasteiger partial charge in [-0.1, -0.05) is 0 Å². The van der Waals surface area contributed by atoms with Crippen LogP contribution in [0.3, 0.4) is 0 Å². The Kier molecular flexibility index (Phi) is 3.24. The third-order valence-corrected chi connectivity index (χ3v) is 2.79. The summed E-state index contributed by atoms with van der Waals surface area (Å²) < 4.78 is 15.0. The molecule has 1 aromatic carbocycles. The Morgan fingerprint density at radius 2 is 2.18 bits per heavy atom. The van der Waals surface area contributed by atoms with Gasteiger partial charge in [0, 0.05) is 18.3 Å². The van der Waals surface area contributed by atoms with Crippen LogP contribution in [0.2, 0.25) is 0 Å². The van der Waals surface area contributed by atoms with Crippen LogP contribution in [-0.4, -0.2) is 14.7 Å². The van der Waals surface area contributed by atoms with Gasteiger partial charge in [-0.05, 0) is 37.6 Å². The Labute approximate surface area is 99.5 Å². The van der Waals surface area contributed by atoms with Crippen LogP contribution in [0.25, 0.3) is 11.3 Å². The highest BCUT2D eigenvalue weighted by atomic mass is 19.1. The first-order chi connectivity index (χ1) is 8.15. The molecule has 0 aliphatic carbocycles. The number of benzene rings is 1. The molecule has 2 aromatic rings. The van der Waals surface area contributed by atoms with Gasteiger partial charge in [-0.15, -0.1) is 0 Å². The summed E-state index contributed by atoms with van der Waals surface area (Å²) in [6.07, 6.45) is 1.87. The number of aliphatic hydroxyl groups is 1. The molecule has 0 saturated carbocycles. The highest BCUT2D eigenvalue weighted by molar-refractivity contribution is 5.59. The molecule has 0 radical (unpaired) electrons. The molecule has 17 heavy (non-hydrogen) atoms. The fourth-order valence-electron chi connectivity index (χ4n) is 1.80. The van der Waals surface area contributed by atoms with E-state index in [-0.39, 0.29) is 12.4 Å². The molecule has 1 heterocycles. The minimum absolute atomic E-state index is 0.0893. The van der Waals surface area contributed by atoms with Crippen LogP contribution in [0, 0.1) is 12.7 Å². The summed E-state index contributed by atoms with van der Waals surface area (Å²) in [7, 11) is 0. The summed E-state index contributed by atoms with van der Waals surface area (Å²) in [5.74, 6) is 0.413. The molecule has 90 valence electrons. The zero-order valence-corrected chi connectivity index (χ0v) is 9.94. The van der Waals surface area contributed by atoms with Crippen LogP contribution >= 0.6 is 0 Å². The molecule has 0 atom stereocenters. The van der Waals surface area contributed by atoms with E-state index in [0.717, 1.165) is 17.8 Å². The van der Waals surface area contributed by atoms with E-state index in [9.17, 15) is 4.39 Å². The minimum Gasteiger partial charge on any atom is -0.388 e. The number of imidazole rings is 1. The maximum Gasteiger partial charge on any atom is 0.135 e. The zero-order chi connectivity index (χ0) is 12.4. The van der Waals surface area contributed by atoms with Crippen LogP contribution in [-0.2, 0) is 13.2 Å². The first-order valence-corrected chi connectivity index (χ1v) is 5.59. The number of hydrogen-bond acceptors (Lipinski definition) is 2. The quantitative estimate of drug-likeness (QED) is 0.886. The maximum atomic E-state index is 13.2. The van der Waals surface area contributed by atoms with Crippen molar-refractivity contribution in [3.05, 3.63) is 41.6 Å². The van der Waals surface area contributed by atoms with Crippen molar-refractivity contribution < 1.29 is 9.50 Å². The average Bonchev–Trinajstić information content (AvgIpc) is 2.75. The van der Waals surface area contributed by atoms with Crippen LogP contribution in [0.15, 0.2) is 24.4 Å². The highest BCUT2D eigenvalue weighted by Crippen LogP contribution is 2.21. The van der Waals surface area contributed by atoms with Crippen LogP contribution < -0.4 is 0 Å². The third-order valence-electron chi connectivity index (χ3n) is 2.79. The van der Waals surface area contributed by atoms with Gasteiger partial charge >= 0.3 is 0 Å². The second-order valence-corrected chi connectivity index (χ2v) is 3.95. The van der Waals surface area contributed by atoms with E-state index in [1.54, 1.807) is 19.1 Å². The molecule has 0 aliphatic heterocycles. The third kappa shape index (κ3) is 2.22. The van der Waals surface area contributed by atoms with E-state index in [0.29, 0.717) is 11.4 Å². The predicted octanol–water partition coefficient (Wildman–Crippen LogP) is 2.51. The van der Waals surface area contributed by atoms with Gasteiger partial charge in [0.2, 0.25) is 0 Å². The second-order valence-electron chi connectivity index (χ2n) is 3.95. The Morgan fingerprint density at radius 1 is 1.41 bits per heavy atom. The Morgan fingerprint density at radius 3 is 2.71 bits per heavy atom. The molecule has 3 nitrogen and oxygen atoms in total. The van der Waals surface area contributed by atoms with Gasteiger partial charge in [-0.25, -0.2) is 9.37 Å². The Bertz CT molecular complexity index is 513. The maximum absolute atomic E-state index is 13.2. The van der Waals surface area contributed by atoms with Crippen molar-refractivity contribution in [2.24, 2.45) is 0 Å². The van der Waals surface area contributed by atoms with E-state index in [2.05, 4.69) is 4.98 Å². The molecular formula is C13H15FN2O. The molecule has 0 unspecified atom stereocenters. The Balaban J connectivity index is 2.45. The molecule has 0 aliphatic rings. The number of nitrogens with zero attached hydrogens (tertiary/aromatic N) is 2. The SMILES string of the molecule is CCn1cc(-c2ccc(F)c(C)c2)nc1CO. The molecule has 0 bridgehead atoms.